The smallest absolute Gasteiger partial charge is 0.222 e. The van der Waals surface area contributed by atoms with E-state index < -0.39 is 5.60 Å². The van der Waals surface area contributed by atoms with E-state index in [4.69, 9.17) is 5.73 Å². The molecule has 1 heterocycles. The lowest BCUT2D eigenvalue weighted by Crippen LogP contribution is -2.33. The van der Waals surface area contributed by atoms with Crippen LogP contribution < -0.4 is 11.1 Å². The Balaban J connectivity index is 2.25. The number of hydrogen-bond acceptors (Lipinski definition) is 5. The molecule has 0 spiro atoms. The zero-order valence-corrected chi connectivity index (χ0v) is 11.3. The third kappa shape index (κ3) is 3.32. The van der Waals surface area contributed by atoms with Gasteiger partial charge in [-0.3, -0.25) is 0 Å². The maximum absolute atomic E-state index is 10.2. The Bertz CT molecular complexity index is 568. The number of hydrogen-bond donors (Lipinski definition) is 3. The van der Waals surface area contributed by atoms with Crippen LogP contribution in [0.25, 0.3) is 10.9 Å². The summed E-state index contributed by atoms with van der Waals surface area (Å²) in [5.74, 6) is 0.899. The molecule has 2 rings (SSSR count). The maximum atomic E-state index is 10.2. The normalized spacial score (nSPS) is 14.3. The number of anilines is 2. The summed E-state index contributed by atoms with van der Waals surface area (Å²) in [5, 5.41) is 14.3. The molecular formula is C14H20N4O. The van der Waals surface area contributed by atoms with Crippen molar-refractivity contribution in [1.82, 2.24) is 9.97 Å². The number of aliphatic hydroxyl groups is 1. The van der Waals surface area contributed by atoms with E-state index in [-0.39, 0.29) is 5.95 Å². The summed E-state index contributed by atoms with van der Waals surface area (Å²) in [4.78, 5) is 8.39. The van der Waals surface area contributed by atoms with Crippen LogP contribution in [0.15, 0.2) is 24.3 Å². The molecule has 4 N–H and O–H groups in total. The minimum atomic E-state index is -0.754. The van der Waals surface area contributed by atoms with Crippen LogP contribution in [0.5, 0.6) is 0 Å². The van der Waals surface area contributed by atoms with Gasteiger partial charge in [-0.1, -0.05) is 25.5 Å². The molecule has 1 aromatic carbocycles. The lowest BCUT2D eigenvalue weighted by atomic mass is 10.0. The number of rotatable bonds is 5. The first-order chi connectivity index (χ1) is 9.02. The molecule has 5 nitrogen and oxygen atoms in total. The number of nitrogens with two attached hydrogens (primary N) is 1. The van der Waals surface area contributed by atoms with Crippen molar-refractivity contribution in [3.05, 3.63) is 24.3 Å². The molecule has 1 aromatic heterocycles. The van der Waals surface area contributed by atoms with Crippen molar-refractivity contribution in [3.8, 4) is 0 Å². The zero-order chi connectivity index (χ0) is 13.9. The lowest BCUT2D eigenvalue weighted by Gasteiger charge is -2.23. The van der Waals surface area contributed by atoms with Gasteiger partial charge in [-0.25, -0.2) is 4.98 Å². The van der Waals surface area contributed by atoms with Gasteiger partial charge < -0.3 is 16.2 Å². The molecule has 0 saturated carbocycles. The van der Waals surface area contributed by atoms with E-state index in [9.17, 15) is 5.11 Å². The Kier molecular flexibility index (Phi) is 3.85. The molecule has 0 radical (unpaired) electrons. The van der Waals surface area contributed by atoms with Gasteiger partial charge in [0.05, 0.1) is 11.1 Å². The largest absolute Gasteiger partial charge is 0.388 e. The topological polar surface area (TPSA) is 84.1 Å². The predicted octanol–water partition coefficient (Wildman–Crippen LogP) is 2.17. The number of aromatic nitrogens is 2. The van der Waals surface area contributed by atoms with E-state index in [1.165, 1.54) is 0 Å². The SMILES string of the molecule is CCCC(C)(O)CNc1nc(N)nc2ccccc12. The van der Waals surface area contributed by atoms with Gasteiger partial charge in [-0.15, -0.1) is 0 Å². The van der Waals surface area contributed by atoms with Crippen molar-refractivity contribution in [2.45, 2.75) is 32.3 Å². The molecule has 0 aliphatic heterocycles. The summed E-state index contributed by atoms with van der Waals surface area (Å²) in [5.41, 5.74) is 5.74. The van der Waals surface area contributed by atoms with Crippen molar-refractivity contribution in [1.29, 1.82) is 0 Å². The van der Waals surface area contributed by atoms with E-state index in [0.717, 1.165) is 23.7 Å². The van der Waals surface area contributed by atoms with E-state index in [0.29, 0.717) is 12.4 Å². The molecule has 1 atom stereocenters. The molecule has 2 aromatic rings. The molecule has 0 saturated heterocycles. The molecule has 1 unspecified atom stereocenters. The fraction of sp³-hybridized carbons (Fsp3) is 0.429. The number of nitrogens with one attached hydrogen (secondary N) is 1. The molecule has 0 bridgehead atoms. The number of nitrogen functional groups attached to an aromatic ring is 1. The van der Waals surface area contributed by atoms with Gasteiger partial charge in [0.15, 0.2) is 0 Å². The van der Waals surface area contributed by atoms with E-state index in [2.05, 4.69) is 15.3 Å². The Morgan fingerprint density at radius 1 is 1.32 bits per heavy atom. The van der Waals surface area contributed by atoms with Crippen molar-refractivity contribution >= 4 is 22.7 Å². The first-order valence-electron chi connectivity index (χ1n) is 6.50. The fourth-order valence-electron chi connectivity index (χ4n) is 2.13. The zero-order valence-electron chi connectivity index (χ0n) is 11.3. The predicted molar refractivity (Wildman–Crippen MR) is 78.0 cm³/mol. The van der Waals surface area contributed by atoms with Gasteiger partial charge in [0.25, 0.3) is 0 Å². The van der Waals surface area contributed by atoms with Crippen LogP contribution in [0.3, 0.4) is 0 Å². The van der Waals surface area contributed by atoms with Crippen molar-refractivity contribution < 1.29 is 5.11 Å². The highest BCUT2D eigenvalue weighted by molar-refractivity contribution is 5.89. The highest BCUT2D eigenvalue weighted by Gasteiger charge is 2.19. The third-order valence-corrected chi connectivity index (χ3v) is 3.05. The highest BCUT2D eigenvalue weighted by Crippen LogP contribution is 2.22. The minimum Gasteiger partial charge on any atom is -0.388 e. The monoisotopic (exact) mass is 260 g/mol. The van der Waals surface area contributed by atoms with E-state index >= 15 is 0 Å². The molecule has 0 aliphatic rings. The van der Waals surface area contributed by atoms with E-state index in [1.54, 1.807) is 0 Å². The van der Waals surface area contributed by atoms with Gasteiger partial charge in [0.1, 0.15) is 5.82 Å². The standard InChI is InChI=1S/C14H20N4O/c1-3-8-14(2,19)9-16-12-10-6-4-5-7-11(10)17-13(15)18-12/h4-7,19H,3,8-9H2,1-2H3,(H3,15,16,17,18). The summed E-state index contributed by atoms with van der Waals surface area (Å²) in [6.07, 6.45) is 1.67. The second-order valence-corrected chi connectivity index (χ2v) is 5.05. The van der Waals surface area contributed by atoms with Crippen LogP contribution in [0.4, 0.5) is 11.8 Å². The van der Waals surface area contributed by atoms with Crippen LogP contribution in [-0.4, -0.2) is 27.2 Å². The van der Waals surface area contributed by atoms with Crippen LogP contribution in [-0.2, 0) is 0 Å². The Labute approximate surface area is 112 Å². The molecule has 0 amide bonds. The van der Waals surface area contributed by atoms with Gasteiger partial charge in [-0.05, 0) is 25.5 Å². The van der Waals surface area contributed by atoms with Gasteiger partial charge in [-0.2, -0.15) is 4.98 Å². The summed E-state index contributed by atoms with van der Waals surface area (Å²) in [7, 11) is 0. The molecule has 0 aliphatic carbocycles. The van der Waals surface area contributed by atoms with Crippen molar-refractivity contribution in [2.75, 3.05) is 17.6 Å². The Morgan fingerprint density at radius 3 is 2.79 bits per heavy atom. The van der Waals surface area contributed by atoms with Crippen molar-refractivity contribution in [2.24, 2.45) is 0 Å². The summed E-state index contributed by atoms with van der Waals surface area (Å²) in [6.45, 7) is 4.30. The first kappa shape index (κ1) is 13.5. The summed E-state index contributed by atoms with van der Waals surface area (Å²) >= 11 is 0. The molecular weight excluding hydrogens is 240 g/mol. The fourth-order valence-corrected chi connectivity index (χ4v) is 2.13. The quantitative estimate of drug-likeness (QED) is 0.767. The number of benzene rings is 1. The third-order valence-electron chi connectivity index (χ3n) is 3.05. The van der Waals surface area contributed by atoms with Crippen LogP contribution >= 0.6 is 0 Å². The average molecular weight is 260 g/mol. The molecule has 5 heteroatoms. The summed E-state index contributed by atoms with van der Waals surface area (Å²) in [6, 6.07) is 7.66. The Morgan fingerprint density at radius 2 is 2.05 bits per heavy atom. The van der Waals surface area contributed by atoms with Crippen LogP contribution in [0, 0.1) is 0 Å². The lowest BCUT2D eigenvalue weighted by molar-refractivity contribution is 0.0636. The van der Waals surface area contributed by atoms with Gasteiger partial charge in [0, 0.05) is 11.9 Å². The average Bonchev–Trinajstić information content (AvgIpc) is 2.36. The summed E-state index contributed by atoms with van der Waals surface area (Å²) < 4.78 is 0. The van der Waals surface area contributed by atoms with E-state index in [1.807, 2.05) is 38.1 Å². The minimum absolute atomic E-state index is 0.233. The second kappa shape index (κ2) is 5.40. The second-order valence-electron chi connectivity index (χ2n) is 5.05. The molecule has 19 heavy (non-hydrogen) atoms. The van der Waals surface area contributed by atoms with Gasteiger partial charge in [0.2, 0.25) is 5.95 Å². The maximum Gasteiger partial charge on any atom is 0.222 e. The highest BCUT2D eigenvalue weighted by atomic mass is 16.3. The van der Waals surface area contributed by atoms with Crippen molar-refractivity contribution in [3.63, 3.8) is 0 Å². The number of para-hydroxylation sites is 1. The molecule has 0 fully saturated rings. The van der Waals surface area contributed by atoms with Crippen LogP contribution in [0.2, 0.25) is 0 Å². The molecule has 102 valence electrons. The first-order valence-corrected chi connectivity index (χ1v) is 6.50. The van der Waals surface area contributed by atoms with Gasteiger partial charge >= 0.3 is 0 Å². The van der Waals surface area contributed by atoms with Crippen LogP contribution in [0.1, 0.15) is 26.7 Å². The Hall–Kier alpha value is -1.88. The number of nitrogens with zero attached hydrogens (tertiary/aromatic N) is 2. The number of fused-ring (bicyclic) bond motifs is 1.